The number of phenols is 1. The standard InChI is InChI=1S/C18H21NO2/c1-12(2)15-7-8-19(11-15)18(21)16-9-13-5-3-4-6-14(13)10-17(16)20/h3-6,9-10,12,15,20H,7-8,11H2,1-2H3. The molecule has 0 aliphatic carbocycles. The van der Waals surface area contributed by atoms with Crippen molar-refractivity contribution in [3.05, 3.63) is 42.0 Å². The molecule has 1 amide bonds. The van der Waals surface area contributed by atoms with Gasteiger partial charge in [0.25, 0.3) is 5.91 Å². The maximum absolute atomic E-state index is 12.6. The summed E-state index contributed by atoms with van der Waals surface area (Å²) in [6.07, 6.45) is 1.05. The van der Waals surface area contributed by atoms with Crippen LogP contribution in [0.3, 0.4) is 0 Å². The summed E-state index contributed by atoms with van der Waals surface area (Å²) < 4.78 is 0. The minimum Gasteiger partial charge on any atom is -0.507 e. The van der Waals surface area contributed by atoms with Crippen LogP contribution in [0.1, 0.15) is 30.6 Å². The molecule has 1 aliphatic rings. The van der Waals surface area contributed by atoms with Crippen LogP contribution in [-0.2, 0) is 0 Å². The molecular formula is C18H21NO2. The first kappa shape index (κ1) is 13.9. The summed E-state index contributed by atoms with van der Waals surface area (Å²) in [5.74, 6) is 1.18. The van der Waals surface area contributed by atoms with Crippen molar-refractivity contribution in [1.29, 1.82) is 0 Å². The highest BCUT2D eigenvalue weighted by Gasteiger charge is 2.29. The molecule has 1 saturated heterocycles. The zero-order valence-corrected chi connectivity index (χ0v) is 12.5. The Hall–Kier alpha value is -2.03. The third kappa shape index (κ3) is 2.60. The average Bonchev–Trinajstić information content (AvgIpc) is 2.96. The minimum absolute atomic E-state index is 0.0543. The maximum Gasteiger partial charge on any atom is 0.257 e. The van der Waals surface area contributed by atoms with Gasteiger partial charge in [0.15, 0.2) is 0 Å². The lowest BCUT2D eigenvalue weighted by Gasteiger charge is -2.19. The van der Waals surface area contributed by atoms with E-state index in [0.29, 0.717) is 17.4 Å². The summed E-state index contributed by atoms with van der Waals surface area (Å²) in [4.78, 5) is 14.5. The molecule has 1 heterocycles. The normalized spacial score (nSPS) is 18.6. The molecule has 1 unspecified atom stereocenters. The Morgan fingerprint density at radius 1 is 1.24 bits per heavy atom. The zero-order chi connectivity index (χ0) is 15.0. The SMILES string of the molecule is CC(C)C1CCN(C(=O)c2cc3ccccc3cc2O)C1. The summed E-state index contributed by atoms with van der Waals surface area (Å²) >= 11 is 0. The lowest BCUT2D eigenvalue weighted by molar-refractivity contribution is 0.0781. The number of likely N-dealkylation sites (tertiary alicyclic amines) is 1. The fourth-order valence-electron chi connectivity index (χ4n) is 3.09. The highest BCUT2D eigenvalue weighted by atomic mass is 16.3. The monoisotopic (exact) mass is 283 g/mol. The van der Waals surface area contributed by atoms with Crippen molar-refractivity contribution in [2.75, 3.05) is 13.1 Å². The average molecular weight is 283 g/mol. The number of phenolic OH excluding ortho intramolecular Hbond substituents is 1. The molecular weight excluding hydrogens is 262 g/mol. The van der Waals surface area contributed by atoms with E-state index in [4.69, 9.17) is 0 Å². The van der Waals surface area contributed by atoms with E-state index in [2.05, 4.69) is 13.8 Å². The summed E-state index contributed by atoms with van der Waals surface area (Å²) in [5, 5.41) is 12.1. The number of hydrogen-bond donors (Lipinski definition) is 1. The molecule has 3 heteroatoms. The van der Waals surface area contributed by atoms with Gasteiger partial charge in [0.2, 0.25) is 0 Å². The number of aromatic hydroxyl groups is 1. The van der Waals surface area contributed by atoms with Gasteiger partial charge >= 0.3 is 0 Å². The van der Waals surface area contributed by atoms with E-state index < -0.39 is 0 Å². The summed E-state index contributed by atoms with van der Waals surface area (Å²) in [5.41, 5.74) is 0.415. The van der Waals surface area contributed by atoms with Crippen LogP contribution >= 0.6 is 0 Å². The number of carbonyl (C=O) groups is 1. The van der Waals surface area contributed by atoms with Crippen LogP contribution < -0.4 is 0 Å². The van der Waals surface area contributed by atoms with E-state index >= 15 is 0 Å². The molecule has 0 bridgehead atoms. The fourth-order valence-corrected chi connectivity index (χ4v) is 3.09. The Balaban J connectivity index is 1.90. The summed E-state index contributed by atoms with van der Waals surface area (Å²) in [7, 11) is 0. The maximum atomic E-state index is 12.6. The molecule has 2 aromatic rings. The Morgan fingerprint density at radius 3 is 2.52 bits per heavy atom. The zero-order valence-electron chi connectivity index (χ0n) is 12.5. The Kier molecular flexibility index (Phi) is 3.58. The van der Waals surface area contributed by atoms with Gasteiger partial charge in [-0.3, -0.25) is 4.79 Å². The molecule has 3 nitrogen and oxygen atoms in total. The van der Waals surface area contributed by atoms with E-state index in [1.165, 1.54) is 0 Å². The van der Waals surface area contributed by atoms with Gasteiger partial charge < -0.3 is 10.0 Å². The molecule has 0 radical (unpaired) electrons. The number of carbonyl (C=O) groups excluding carboxylic acids is 1. The largest absolute Gasteiger partial charge is 0.507 e. The third-order valence-corrected chi connectivity index (χ3v) is 4.55. The van der Waals surface area contributed by atoms with Crippen molar-refractivity contribution in [2.24, 2.45) is 11.8 Å². The topological polar surface area (TPSA) is 40.5 Å². The molecule has 21 heavy (non-hydrogen) atoms. The van der Waals surface area contributed by atoms with Crippen molar-refractivity contribution in [2.45, 2.75) is 20.3 Å². The minimum atomic E-state index is -0.0543. The Morgan fingerprint density at radius 2 is 1.90 bits per heavy atom. The van der Waals surface area contributed by atoms with Crippen LogP contribution in [0.25, 0.3) is 10.8 Å². The van der Waals surface area contributed by atoms with Crippen LogP contribution in [-0.4, -0.2) is 29.0 Å². The molecule has 1 aliphatic heterocycles. The van der Waals surface area contributed by atoms with Crippen molar-refractivity contribution in [3.8, 4) is 5.75 Å². The van der Waals surface area contributed by atoms with E-state index in [9.17, 15) is 9.90 Å². The number of nitrogens with zero attached hydrogens (tertiary/aromatic N) is 1. The van der Waals surface area contributed by atoms with Crippen molar-refractivity contribution < 1.29 is 9.90 Å². The van der Waals surface area contributed by atoms with Gasteiger partial charge in [-0.1, -0.05) is 38.1 Å². The number of rotatable bonds is 2. The van der Waals surface area contributed by atoms with Gasteiger partial charge in [-0.15, -0.1) is 0 Å². The molecule has 1 atom stereocenters. The van der Waals surface area contributed by atoms with E-state index in [0.717, 1.165) is 30.3 Å². The first-order valence-corrected chi connectivity index (χ1v) is 7.57. The highest BCUT2D eigenvalue weighted by Crippen LogP contribution is 2.29. The molecule has 0 saturated carbocycles. The summed E-state index contributed by atoms with van der Waals surface area (Å²) in [6, 6.07) is 11.3. The molecule has 0 spiro atoms. The second kappa shape index (κ2) is 5.40. The first-order valence-electron chi connectivity index (χ1n) is 7.57. The van der Waals surface area contributed by atoms with E-state index in [1.807, 2.05) is 29.2 Å². The second-order valence-corrected chi connectivity index (χ2v) is 6.26. The number of hydrogen-bond acceptors (Lipinski definition) is 2. The first-order chi connectivity index (χ1) is 10.1. The highest BCUT2D eigenvalue weighted by molar-refractivity contribution is 6.01. The van der Waals surface area contributed by atoms with Crippen LogP contribution in [0, 0.1) is 11.8 Å². The quantitative estimate of drug-likeness (QED) is 0.913. The molecule has 2 aromatic carbocycles. The fraction of sp³-hybridized carbons (Fsp3) is 0.389. The van der Waals surface area contributed by atoms with E-state index in [-0.39, 0.29) is 11.7 Å². The van der Waals surface area contributed by atoms with Gasteiger partial charge in [-0.25, -0.2) is 0 Å². The molecule has 0 aromatic heterocycles. The van der Waals surface area contributed by atoms with Crippen LogP contribution in [0.15, 0.2) is 36.4 Å². The third-order valence-electron chi connectivity index (χ3n) is 4.55. The van der Waals surface area contributed by atoms with Gasteiger partial charge in [-0.2, -0.15) is 0 Å². The van der Waals surface area contributed by atoms with Gasteiger partial charge in [0.1, 0.15) is 5.75 Å². The summed E-state index contributed by atoms with van der Waals surface area (Å²) in [6.45, 7) is 5.98. The van der Waals surface area contributed by atoms with Gasteiger partial charge in [-0.05, 0) is 41.2 Å². The van der Waals surface area contributed by atoms with Crippen molar-refractivity contribution in [3.63, 3.8) is 0 Å². The van der Waals surface area contributed by atoms with Gasteiger partial charge in [0, 0.05) is 13.1 Å². The van der Waals surface area contributed by atoms with Crippen LogP contribution in [0.2, 0.25) is 0 Å². The Bertz CT molecular complexity index is 678. The predicted molar refractivity (Wildman–Crippen MR) is 84.5 cm³/mol. The molecule has 3 rings (SSSR count). The number of benzene rings is 2. The van der Waals surface area contributed by atoms with Crippen LogP contribution in [0.5, 0.6) is 5.75 Å². The Labute approximate surface area is 125 Å². The molecule has 1 fully saturated rings. The van der Waals surface area contributed by atoms with E-state index in [1.54, 1.807) is 12.1 Å². The van der Waals surface area contributed by atoms with Crippen molar-refractivity contribution in [1.82, 2.24) is 4.90 Å². The lowest BCUT2D eigenvalue weighted by atomic mass is 9.95. The number of fused-ring (bicyclic) bond motifs is 1. The molecule has 110 valence electrons. The van der Waals surface area contributed by atoms with Crippen LogP contribution in [0.4, 0.5) is 0 Å². The van der Waals surface area contributed by atoms with Crippen molar-refractivity contribution >= 4 is 16.7 Å². The number of amides is 1. The second-order valence-electron chi connectivity index (χ2n) is 6.26. The smallest absolute Gasteiger partial charge is 0.257 e. The lowest BCUT2D eigenvalue weighted by Crippen LogP contribution is -2.29. The van der Waals surface area contributed by atoms with Gasteiger partial charge in [0.05, 0.1) is 5.56 Å². The predicted octanol–water partition coefficient (Wildman–Crippen LogP) is 3.66. The molecule has 1 N–H and O–H groups in total.